The van der Waals surface area contributed by atoms with Crippen LogP contribution in [0.1, 0.15) is 15.9 Å². The Morgan fingerprint density at radius 3 is 2.38 bits per heavy atom. The lowest BCUT2D eigenvalue weighted by Gasteiger charge is -2.00. The molecule has 13 heavy (non-hydrogen) atoms. The van der Waals surface area contributed by atoms with Crippen LogP contribution in [0.4, 0.5) is 0 Å². The van der Waals surface area contributed by atoms with E-state index in [9.17, 15) is 4.79 Å². The third-order valence-electron chi connectivity index (χ3n) is 1.41. The number of hydrogen-bond acceptors (Lipinski definition) is 2. The van der Waals surface area contributed by atoms with Gasteiger partial charge in [-0.25, -0.2) is 4.79 Å². The molecule has 0 radical (unpaired) electrons. The average Bonchev–Trinajstić information content (AvgIpc) is 2.08. The number of aromatic carboxylic acids is 1. The fourth-order valence-corrected chi connectivity index (χ4v) is 1.14. The van der Waals surface area contributed by atoms with Crippen LogP contribution in [-0.4, -0.2) is 11.1 Å². The minimum absolute atomic E-state index is 0.00176. The quantitative estimate of drug-likeness (QED) is 0.784. The number of halogens is 2. The molecule has 0 bridgehead atoms. The van der Waals surface area contributed by atoms with E-state index >= 15 is 0 Å². The van der Waals surface area contributed by atoms with Crippen molar-refractivity contribution in [3.8, 4) is 6.07 Å². The molecule has 0 aliphatic heterocycles. The second kappa shape index (κ2) is 3.65. The Balaban J connectivity index is 3.44. The van der Waals surface area contributed by atoms with Gasteiger partial charge in [0, 0.05) is 0 Å². The first-order valence-electron chi connectivity index (χ1n) is 3.18. The SMILES string of the molecule is N#Cc1cc(Cl)c(Cl)cc1C(=O)O. The number of nitriles is 1. The molecule has 1 aromatic carbocycles. The van der Waals surface area contributed by atoms with Crippen LogP contribution in [0.25, 0.3) is 0 Å². The molecule has 0 amide bonds. The summed E-state index contributed by atoms with van der Waals surface area (Å²) in [5.74, 6) is -1.20. The number of hydrogen-bond donors (Lipinski definition) is 1. The predicted octanol–water partition coefficient (Wildman–Crippen LogP) is 2.56. The second-order valence-corrected chi connectivity index (χ2v) is 3.04. The molecule has 1 rings (SSSR count). The Kier molecular flexibility index (Phi) is 2.76. The molecular weight excluding hydrogens is 213 g/mol. The van der Waals surface area contributed by atoms with Gasteiger partial charge in [-0.1, -0.05) is 23.2 Å². The topological polar surface area (TPSA) is 61.1 Å². The molecule has 0 aliphatic carbocycles. The fourth-order valence-electron chi connectivity index (χ4n) is 0.816. The summed E-state index contributed by atoms with van der Waals surface area (Å²) >= 11 is 11.2. The third kappa shape index (κ3) is 1.92. The van der Waals surface area contributed by atoms with Crippen LogP contribution < -0.4 is 0 Å². The minimum atomic E-state index is -1.20. The molecule has 0 unspecified atom stereocenters. The van der Waals surface area contributed by atoms with E-state index in [0.717, 1.165) is 6.07 Å². The lowest BCUT2D eigenvalue weighted by atomic mass is 10.1. The zero-order valence-corrected chi connectivity index (χ0v) is 7.73. The number of nitrogens with zero attached hydrogens (tertiary/aromatic N) is 1. The molecular formula is C8H3Cl2NO2. The Bertz CT molecular complexity index is 409. The highest BCUT2D eigenvalue weighted by Gasteiger charge is 2.12. The highest BCUT2D eigenvalue weighted by molar-refractivity contribution is 6.42. The van der Waals surface area contributed by atoms with Gasteiger partial charge in [-0.2, -0.15) is 5.26 Å². The van der Waals surface area contributed by atoms with Gasteiger partial charge in [0.15, 0.2) is 0 Å². The number of rotatable bonds is 1. The van der Waals surface area contributed by atoms with E-state index in [1.54, 1.807) is 6.07 Å². The zero-order valence-electron chi connectivity index (χ0n) is 6.21. The number of carboxylic acids is 1. The Hall–Kier alpha value is -1.24. The van der Waals surface area contributed by atoms with Gasteiger partial charge in [0.1, 0.15) is 6.07 Å². The van der Waals surface area contributed by atoms with Gasteiger partial charge in [-0.15, -0.1) is 0 Å². The van der Waals surface area contributed by atoms with Crippen LogP contribution in [0, 0.1) is 11.3 Å². The first-order chi connectivity index (χ1) is 6.06. The molecule has 0 saturated heterocycles. The van der Waals surface area contributed by atoms with E-state index in [1.807, 2.05) is 0 Å². The minimum Gasteiger partial charge on any atom is -0.478 e. The van der Waals surface area contributed by atoms with Crippen LogP contribution in [0.3, 0.4) is 0 Å². The summed E-state index contributed by atoms with van der Waals surface area (Å²) in [7, 11) is 0. The molecule has 66 valence electrons. The normalized spacial score (nSPS) is 9.31. The summed E-state index contributed by atoms with van der Waals surface area (Å²) in [6, 6.07) is 4.11. The van der Waals surface area contributed by atoms with Crippen molar-refractivity contribution in [2.75, 3.05) is 0 Å². The van der Waals surface area contributed by atoms with E-state index in [-0.39, 0.29) is 21.2 Å². The molecule has 0 spiro atoms. The Labute approximate surface area is 84.1 Å². The molecule has 0 aliphatic rings. The molecule has 0 saturated carbocycles. The van der Waals surface area contributed by atoms with Gasteiger partial charge in [0.25, 0.3) is 0 Å². The highest BCUT2D eigenvalue weighted by Crippen LogP contribution is 2.25. The first kappa shape index (κ1) is 9.85. The van der Waals surface area contributed by atoms with E-state index in [2.05, 4.69) is 0 Å². The van der Waals surface area contributed by atoms with Crippen LogP contribution in [-0.2, 0) is 0 Å². The molecule has 0 aromatic heterocycles. The average molecular weight is 216 g/mol. The van der Waals surface area contributed by atoms with Crippen LogP contribution in [0.2, 0.25) is 10.0 Å². The van der Waals surface area contributed by atoms with Gasteiger partial charge in [-0.05, 0) is 12.1 Å². The van der Waals surface area contributed by atoms with Crippen molar-refractivity contribution in [1.82, 2.24) is 0 Å². The molecule has 1 aromatic rings. The zero-order chi connectivity index (χ0) is 10.0. The smallest absolute Gasteiger partial charge is 0.337 e. The van der Waals surface area contributed by atoms with E-state index in [1.165, 1.54) is 6.07 Å². The lowest BCUT2D eigenvalue weighted by molar-refractivity contribution is 0.0696. The number of benzene rings is 1. The van der Waals surface area contributed by atoms with Crippen LogP contribution >= 0.6 is 23.2 Å². The van der Waals surface area contributed by atoms with Crippen molar-refractivity contribution in [2.24, 2.45) is 0 Å². The standard InChI is InChI=1S/C8H3Cl2NO2/c9-6-1-4(3-11)5(8(12)13)2-7(6)10/h1-2H,(H,12,13). The van der Waals surface area contributed by atoms with Crippen molar-refractivity contribution in [2.45, 2.75) is 0 Å². The molecule has 0 heterocycles. The highest BCUT2D eigenvalue weighted by atomic mass is 35.5. The largest absolute Gasteiger partial charge is 0.478 e. The lowest BCUT2D eigenvalue weighted by Crippen LogP contribution is -2.00. The monoisotopic (exact) mass is 215 g/mol. The van der Waals surface area contributed by atoms with E-state index < -0.39 is 5.97 Å². The maximum absolute atomic E-state index is 10.6. The summed E-state index contributed by atoms with van der Waals surface area (Å²) in [6.07, 6.45) is 0. The Morgan fingerprint density at radius 1 is 1.38 bits per heavy atom. The summed E-state index contributed by atoms with van der Waals surface area (Å²) in [6.45, 7) is 0. The van der Waals surface area contributed by atoms with Crippen molar-refractivity contribution >= 4 is 29.2 Å². The van der Waals surface area contributed by atoms with Crippen molar-refractivity contribution in [3.63, 3.8) is 0 Å². The molecule has 5 heteroatoms. The van der Waals surface area contributed by atoms with Crippen molar-refractivity contribution in [1.29, 1.82) is 5.26 Å². The fraction of sp³-hybridized carbons (Fsp3) is 0. The van der Waals surface area contributed by atoms with Crippen molar-refractivity contribution < 1.29 is 9.90 Å². The van der Waals surface area contributed by atoms with Crippen molar-refractivity contribution in [3.05, 3.63) is 33.3 Å². The van der Waals surface area contributed by atoms with Gasteiger partial charge in [0.05, 0.1) is 21.2 Å². The third-order valence-corrected chi connectivity index (χ3v) is 2.13. The van der Waals surface area contributed by atoms with E-state index in [0.29, 0.717) is 0 Å². The van der Waals surface area contributed by atoms with Crippen LogP contribution in [0.5, 0.6) is 0 Å². The van der Waals surface area contributed by atoms with Gasteiger partial charge >= 0.3 is 5.97 Å². The summed E-state index contributed by atoms with van der Waals surface area (Å²) < 4.78 is 0. The number of carbonyl (C=O) groups is 1. The summed E-state index contributed by atoms with van der Waals surface area (Å²) in [5.41, 5.74) is -0.140. The van der Waals surface area contributed by atoms with Gasteiger partial charge in [0.2, 0.25) is 0 Å². The maximum Gasteiger partial charge on any atom is 0.337 e. The Morgan fingerprint density at radius 2 is 1.92 bits per heavy atom. The van der Waals surface area contributed by atoms with E-state index in [4.69, 9.17) is 33.6 Å². The predicted molar refractivity (Wildman–Crippen MR) is 48.1 cm³/mol. The molecule has 1 N–H and O–H groups in total. The summed E-state index contributed by atoms with van der Waals surface area (Å²) in [4.78, 5) is 10.6. The maximum atomic E-state index is 10.6. The molecule has 3 nitrogen and oxygen atoms in total. The first-order valence-corrected chi connectivity index (χ1v) is 3.94. The van der Waals surface area contributed by atoms with Crippen LogP contribution in [0.15, 0.2) is 12.1 Å². The molecule has 0 fully saturated rings. The second-order valence-electron chi connectivity index (χ2n) is 2.23. The summed E-state index contributed by atoms with van der Waals surface area (Å²) in [5, 5.41) is 17.5. The molecule has 0 atom stereocenters. The van der Waals surface area contributed by atoms with Gasteiger partial charge in [-0.3, -0.25) is 0 Å². The van der Waals surface area contributed by atoms with Gasteiger partial charge < -0.3 is 5.11 Å². The number of carboxylic acid groups (broad SMARTS) is 1.